The molecule has 0 saturated carbocycles. The molecule has 2 rings (SSSR count). The summed E-state index contributed by atoms with van der Waals surface area (Å²) in [7, 11) is -1.89. The Hall–Kier alpha value is -0.953. The fourth-order valence-corrected chi connectivity index (χ4v) is 6.01. The van der Waals surface area contributed by atoms with Crippen molar-refractivity contribution in [2.45, 2.75) is 128 Å². The highest BCUT2D eigenvalue weighted by molar-refractivity contribution is 6.74. The molecule has 33 heavy (non-hydrogen) atoms. The molecule has 2 aliphatic rings. The van der Waals surface area contributed by atoms with Gasteiger partial charge in [0, 0.05) is 24.7 Å². The van der Waals surface area contributed by atoms with Gasteiger partial charge in [0.05, 0.1) is 24.4 Å². The Morgan fingerprint density at radius 3 is 2.52 bits per heavy atom. The van der Waals surface area contributed by atoms with Crippen LogP contribution in [0.2, 0.25) is 18.1 Å². The fraction of sp³-hybridized carbons (Fsp3) is 0.815. The zero-order chi connectivity index (χ0) is 24.6. The molecule has 2 N–H and O–H groups in total. The Balaban J connectivity index is 2.05. The minimum atomic E-state index is -1.89. The Morgan fingerprint density at radius 2 is 1.88 bits per heavy atom. The maximum atomic E-state index is 10.7. The molecule has 0 spiro atoms. The summed E-state index contributed by atoms with van der Waals surface area (Å²) in [4.78, 5) is 10.7. The molecular weight excluding hydrogens is 432 g/mol. The van der Waals surface area contributed by atoms with Crippen LogP contribution in [0.15, 0.2) is 24.3 Å². The van der Waals surface area contributed by atoms with Crippen LogP contribution in [0.5, 0.6) is 0 Å². The van der Waals surface area contributed by atoms with E-state index in [1.807, 2.05) is 6.08 Å². The molecule has 190 valence electrons. The number of carboxylic acid groups (broad SMARTS) is 1. The van der Waals surface area contributed by atoms with Crippen molar-refractivity contribution in [2.24, 2.45) is 11.8 Å². The average molecular weight is 481 g/mol. The summed E-state index contributed by atoms with van der Waals surface area (Å²) in [6, 6.07) is 0. The number of rotatable bonds is 14. The number of ether oxygens (including phenoxy) is 1. The molecule has 0 aliphatic carbocycles. The molecule has 0 aromatic heterocycles. The first-order valence-corrected chi connectivity index (χ1v) is 15.9. The third kappa shape index (κ3) is 8.34. The molecule has 0 aromatic carbocycles. The second kappa shape index (κ2) is 12.7. The summed E-state index contributed by atoms with van der Waals surface area (Å²) >= 11 is 0. The number of fused-ring (bicyclic) bond motifs is 2. The van der Waals surface area contributed by atoms with Crippen molar-refractivity contribution in [1.29, 1.82) is 0 Å². The van der Waals surface area contributed by atoms with Crippen LogP contribution in [0, 0.1) is 11.8 Å². The molecule has 0 radical (unpaired) electrons. The lowest BCUT2D eigenvalue weighted by atomic mass is 9.77. The van der Waals surface area contributed by atoms with Crippen molar-refractivity contribution in [2.75, 3.05) is 0 Å². The van der Waals surface area contributed by atoms with Crippen LogP contribution in [-0.4, -0.2) is 48.9 Å². The summed E-state index contributed by atoms with van der Waals surface area (Å²) in [6.45, 7) is 13.6. The second-order valence-corrected chi connectivity index (χ2v) is 16.2. The van der Waals surface area contributed by atoms with Crippen molar-refractivity contribution >= 4 is 14.3 Å². The van der Waals surface area contributed by atoms with Crippen molar-refractivity contribution in [3.8, 4) is 0 Å². The van der Waals surface area contributed by atoms with Gasteiger partial charge in [0.25, 0.3) is 0 Å². The maximum Gasteiger partial charge on any atom is 0.303 e. The van der Waals surface area contributed by atoms with Crippen molar-refractivity contribution in [3.63, 3.8) is 0 Å². The number of carboxylic acids is 1. The van der Waals surface area contributed by atoms with Gasteiger partial charge in [0.1, 0.15) is 0 Å². The number of allylic oxidation sites excluding steroid dienone is 1. The lowest BCUT2D eigenvalue weighted by molar-refractivity contribution is -0.137. The number of carbonyl (C=O) groups is 1. The standard InChI is InChI=1S/C27H48O5Si/c1-7-8-11-14-20(28)17-18-21-22(15-12-9-10-13-16-25(29)30)26-24(19-23(21)31-26)32-33(5,6)27(2,3)4/h12,15,17-18,20-24,26,28H,7-11,13-14,16,19H2,1-6H3,(H,29,30)/b15-12-,18-17?/t20?,21-,22+,23-,24+,26-/m0/s1. The van der Waals surface area contributed by atoms with E-state index in [0.717, 1.165) is 44.9 Å². The first kappa shape index (κ1) is 28.3. The molecule has 5 nitrogen and oxygen atoms in total. The van der Waals surface area contributed by atoms with Crippen LogP contribution < -0.4 is 0 Å². The summed E-state index contributed by atoms with van der Waals surface area (Å²) < 4.78 is 13.2. The third-order valence-electron chi connectivity index (χ3n) is 7.70. The first-order valence-electron chi connectivity index (χ1n) is 13.0. The SMILES string of the molecule is CCCCCC(O)C=C[C@H]1[C@@H](/C=C\CCCCC(=O)O)[C@@H]2O[C@H]1C[C@H]2O[Si](C)(C)C(C)(C)C. The minimum absolute atomic E-state index is 0.0475. The maximum absolute atomic E-state index is 10.7. The smallest absolute Gasteiger partial charge is 0.303 e. The largest absolute Gasteiger partial charge is 0.481 e. The van der Waals surface area contributed by atoms with Crippen LogP contribution >= 0.6 is 0 Å². The van der Waals surface area contributed by atoms with Crippen LogP contribution in [0.4, 0.5) is 0 Å². The van der Waals surface area contributed by atoms with Crippen LogP contribution in [0.25, 0.3) is 0 Å². The Labute approximate surface area is 202 Å². The van der Waals surface area contributed by atoms with Crippen LogP contribution in [0.3, 0.4) is 0 Å². The van der Waals surface area contributed by atoms with Gasteiger partial charge in [-0.3, -0.25) is 4.79 Å². The Kier molecular flexibility index (Phi) is 10.9. The topological polar surface area (TPSA) is 76.0 Å². The second-order valence-electron chi connectivity index (χ2n) is 11.5. The molecule has 0 amide bonds. The van der Waals surface area contributed by atoms with Gasteiger partial charge in [-0.25, -0.2) is 0 Å². The highest BCUT2D eigenvalue weighted by atomic mass is 28.4. The van der Waals surface area contributed by atoms with Crippen molar-refractivity contribution < 1.29 is 24.2 Å². The zero-order valence-electron chi connectivity index (χ0n) is 21.8. The van der Waals surface area contributed by atoms with E-state index in [1.54, 1.807) is 0 Å². The summed E-state index contributed by atoms with van der Waals surface area (Å²) in [5, 5.41) is 19.4. The molecule has 0 aromatic rings. The summed E-state index contributed by atoms with van der Waals surface area (Å²) in [6.07, 6.45) is 16.3. The van der Waals surface area contributed by atoms with E-state index in [9.17, 15) is 9.90 Å². The van der Waals surface area contributed by atoms with Gasteiger partial charge < -0.3 is 19.4 Å². The van der Waals surface area contributed by atoms with E-state index in [1.165, 1.54) is 0 Å². The van der Waals surface area contributed by atoms with E-state index in [4.69, 9.17) is 14.3 Å². The summed E-state index contributed by atoms with van der Waals surface area (Å²) in [5.41, 5.74) is 0. The average Bonchev–Trinajstić information content (AvgIpc) is 3.25. The van der Waals surface area contributed by atoms with Gasteiger partial charge in [0.2, 0.25) is 0 Å². The minimum Gasteiger partial charge on any atom is -0.481 e. The number of unbranched alkanes of at least 4 members (excludes halogenated alkanes) is 4. The molecule has 2 heterocycles. The number of hydrogen-bond donors (Lipinski definition) is 2. The summed E-state index contributed by atoms with van der Waals surface area (Å²) in [5.74, 6) is -0.240. The quantitative estimate of drug-likeness (QED) is 0.169. The molecule has 6 heteroatoms. The molecule has 2 fully saturated rings. The molecule has 2 saturated heterocycles. The van der Waals surface area contributed by atoms with Crippen molar-refractivity contribution in [3.05, 3.63) is 24.3 Å². The molecule has 6 atom stereocenters. The third-order valence-corrected chi connectivity index (χ3v) is 12.2. The number of aliphatic hydroxyl groups is 1. The first-order chi connectivity index (χ1) is 15.5. The van der Waals surface area contributed by atoms with Gasteiger partial charge in [-0.05, 0) is 43.8 Å². The van der Waals surface area contributed by atoms with E-state index < -0.39 is 20.4 Å². The number of hydrogen-bond acceptors (Lipinski definition) is 4. The lowest BCUT2D eigenvalue weighted by Crippen LogP contribution is -2.48. The number of aliphatic carboxylic acids is 1. The van der Waals surface area contributed by atoms with Crippen LogP contribution in [-0.2, 0) is 14.0 Å². The predicted molar refractivity (Wildman–Crippen MR) is 137 cm³/mol. The van der Waals surface area contributed by atoms with Gasteiger partial charge in [0.15, 0.2) is 8.32 Å². The van der Waals surface area contributed by atoms with Gasteiger partial charge in [-0.1, -0.05) is 71.3 Å². The normalized spacial score (nSPS) is 28.9. The Bertz CT molecular complexity index is 666. The van der Waals surface area contributed by atoms with Crippen molar-refractivity contribution in [1.82, 2.24) is 0 Å². The monoisotopic (exact) mass is 480 g/mol. The van der Waals surface area contributed by atoms with E-state index in [-0.39, 0.29) is 41.6 Å². The van der Waals surface area contributed by atoms with E-state index in [0.29, 0.717) is 6.42 Å². The fourth-order valence-electron chi connectivity index (χ4n) is 4.67. The van der Waals surface area contributed by atoms with Crippen LogP contribution in [0.1, 0.15) is 85.5 Å². The lowest BCUT2D eigenvalue weighted by Gasteiger charge is -2.41. The van der Waals surface area contributed by atoms with E-state index >= 15 is 0 Å². The van der Waals surface area contributed by atoms with Gasteiger partial charge in [-0.15, -0.1) is 0 Å². The highest BCUT2D eigenvalue weighted by Crippen LogP contribution is 2.49. The molecular formula is C27H48O5Si. The number of aliphatic hydroxyl groups excluding tert-OH is 1. The highest BCUT2D eigenvalue weighted by Gasteiger charge is 2.54. The predicted octanol–water partition coefficient (Wildman–Crippen LogP) is 6.48. The molecule has 2 bridgehead atoms. The Morgan fingerprint density at radius 1 is 1.15 bits per heavy atom. The van der Waals surface area contributed by atoms with Gasteiger partial charge >= 0.3 is 5.97 Å². The van der Waals surface area contributed by atoms with E-state index in [2.05, 4.69) is 59.0 Å². The molecule has 2 aliphatic heterocycles. The zero-order valence-corrected chi connectivity index (χ0v) is 22.8. The molecule has 1 unspecified atom stereocenters. The van der Waals surface area contributed by atoms with Gasteiger partial charge in [-0.2, -0.15) is 0 Å².